The van der Waals surface area contributed by atoms with Gasteiger partial charge in [-0.15, -0.1) is 0 Å². The van der Waals surface area contributed by atoms with E-state index in [1.54, 1.807) is 12.3 Å². The van der Waals surface area contributed by atoms with E-state index in [4.69, 9.17) is 9.02 Å². The second-order valence-corrected chi connectivity index (χ2v) is 10.0. The number of amides is 1. The van der Waals surface area contributed by atoms with E-state index in [9.17, 15) is 31.9 Å². The lowest BCUT2D eigenvalue weighted by Gasteiger charge is -2.24. The zero-order valence-electron chi connectivity index (χ0n) is 20.6. The van der Waals surface area contributed by atoms with E-state index in [0.717, 1.165) is 37.5 Å². The minimum atomic E-state index is -1.81. The Morgan fingerprint density at radius 3 is 2.67 bits per heavy atom. The number of halogens is 5. The van der Waals surface area contributed by atoms with Crippen LogP contribution in [0, 0.1) is 29.1 Å². The third-order valence-corrected chi connectivity index (χ3v) is 7.13. The van der Waals surface area contributed by atoms with Crippen LogP contribution in [0.2, 0.25) is 0 Å². The van der Waals surface area contributed by atoms with Crippen molar-refractivity contribution in [3.8, 4) is 0 Å². The van der Waals surface area contributed by atoms with Crippen LogP contribution in [0.25, 0.3) is 0 Å². The Balaban J connectivity index is 0.000000212. The molecule has 5 rings (SSSR count). The van der Waals surface area contributed by atoms with Gasteiger partial charge in [-0.2, -0.15) is 5.48 Å². The van der Waals surface area contributed by atoms with Crippen molar-refractivity contribution >= 4 is 17.9 Å². The predicted molar refractivity (Wildman–Crippen MR) is 131 cm³/mol. The normalized spacial score (nSPS) is 24.5. The van der Waals surface area contributed by atoms with Crippen molar-refractivity contribution in [1.82, 2.24) is 21.2 Å². The number of hydrogen-bond acceptors (Lipinski definition) is 8. The van der Waals surface area contributed by atoms with E-state index in [-0.39, 0.29) is 36.6 Å². The zero-order chi connectivity index (χ0) is 28.0. The standard InChI is InChI=1S/C14H15F3N4O3S.C11H12F2O/c15-9-5-8(12(17)10(16)6-9)7-19-24-25-14(23)2-4-21(13(14)22)11-1-3-18-20-11;12-8-4-5-10(13)9(7-8)11-3-1-2-6-14-11/h1,3,5-6,11,18-20,23H,2,4,7H2;4-5,7,11H,1-3,6H2. The highest BCUT2D eigenvalue weighted by atomic mass is 32.2. The topological polar surface area (TPSA) is 95.1 Å². The fourth-order valence-corrected chi connectivity index (χ4v) is 4.86. The number of hydroxylamine groups is 1. The van der Waals surface area contributed by atoms with Crippen LogP contribution in [0.15, 0.2) is 42.6 Å². The lowest BCUT2D eigenvalue weighted by Crippen LogP contribution is -2.49. The average Bonchev–Trinajstić information content (AvgIpc) is 3.55. The van der Waals surface area contributed by atoms with Crippen LogP contribution in [0.5, 0.6) is 0 Å². The summed E-state index contributed by atoms with van der Waals surface area (Å²) in [7, 11) is 0. The van der Waals surface area contributed by atoms with E-state index in [0.29, 0.717) is 36.8 Å². The van der Waals surface area contributed by atoms with E-state index >= 15 is 0 Å². The number of benzene rings is 2. The molecule has 0 aliphatic carbocycles. The Morgan fingerprint density at radius 2 is 1.95 bits per heavy atom. The number of nitrogens with zero attached hydrogens (tertiary/aromatic N) is 1. The lowest BCUT2D eigenvalue weighted by molar-refractivity contribution is -0.138. The van der Waals surface area contributed by atoms with Crippen molar-refractivity contribution in [2.75, 3.05) is 13.2 Å². The van der Waals surface area contributed by atoms with Crippen LogP contribution >= 0.6 is 12.0 Å². The van der Waals surface area contributed by atoms with Crippen molar-refractivity contribution in [3.05, 3.63) is 82.8 Å². The van der Waals surface area contributed by atoms with E-state index < -0.39 is 34.1 Å². The highest BCUT2D eigenvalue weighted by Gasteiger charge is 2.49. The molecule has 2 aromatic rings. The van der Waals surface area contributed by atoms with Gasteiger partial charge in [-0.3, -0.25) is 4.79 Å². The fraction of sp³-hybridized carbons (Fsp3) is 0.400. The molecule has 4 N–H and O–H groups in total. The molecule has 3 unspecified atom stereocenters. The van der Waals surface area contributed by atoms with E-state index in [1.165, 1.54) is 11.0 Å². The van der Waals surface area contributed by atoms with Gasteiger partial charge in [-0.25, -0.2) is 31.7 Å². The Kier molecular flexibility index (Phi) is 9.80. The monoisotopic (exact) mass is 574 g/mol. The van der Waals surface area contributed by atoms with Gasteiger partial charge < -0.3 is 20.2 Å². The largest absolute Gasteiger partial charge is 0.373 e. The third kappa shape index (κ3) is 7.26. The van der Waals surface area contributed by atoms with Gasteiger partial charge in [-0.05, 0) is 49.6 Å². The van der Waals surface area contributed by atoms with Gasteiger partial charge in [0.25, 0.3) is 5.91 Å². The Hall–Kier alpha value is -2.75. The first-order valence-corrected chi connectivity index (χ1v) is 12.9. The highest BCUT2D eigenvalue weighted by Crippen LogP contribution is 2.35. The zero-order valence-corrected chi connectivity index (χ0v) is 21.4. The summed E-state index contributed by atoms with van der Waals surface area (Å²) >= 11 is 0.462. The second-order valence-electron chi connectivity index (χ2n) is 9.00. The van der Waals surface area contributed by atoms with Gasteiger partial charge >= 0.3 is 0 Å². The molecule has 8 nitrogen and oxygen atoms in total. The van der Waals surface area contributed by atoms with Crippen LogP contribution in [0.4, 0.5) is 22.0 Å². The molecule has 0 radical (unpaired) electrons. The van der Waals surface area contributed by atoms with Crippen molar-refractivity contribution in [3.63, 3.8) is 0 Å². The minimum Gasteiger partial charge on any atom is -0.373 e. The molecule has 3 aliphatic heterocycles. The fourth-order valence-electron chi connectivity index (χ4n) is 4.24. The SMILES string of the molecule is Fc1ccc(F)c(C2CCCCO2)c1.O=C1N(C2C=CNN2)CCC1(O)SONCc1cc(F)cc(F)c1F. The first kappa shape index (κ1) is 29.2. The number of carbonyl (C=O) groups is 1. The molecule has 2 aromatic carbocycles. The Bertz CT molecular complexity index is 1200. The molecule has 3 heterocycles. The number of aliphatic hydroxyl groups is 1. The molecule has 39 heavy (non-hydrogen) atoms. The summed E-state index contributed by atoms with van der Waals surface area (Å²) in [6.07, 6.45) is 5.63. The Labute approximate surface area is 225 Å². The minimum absolute atomic E-state index is 0.118. The average molecular weight is 575 g/mol. The van der Waals surface area contributed by atoms with Crippen molar-refractivity contribution in [1.29, 1.82) is 0 Å². The van der Waals surface area contributed by atoms with Crippen LogP contribution in [0.3, 0.4) is 0 Å². The summed E-state index contributed by atoms with van der Waals surface area (Å²) in [5, 5.41) is 10.4. The molecular formula is C25H27F5N4O4S. The van der Waals surface area contributed by atoms with Gasteiger partial charge in [0.05, 0.1) is 24.7 Å². The smallest absolute Gasteiger partial charge is 0.269 e. The summed E-state index contributed by atoms with van der Waals surface area (Å²) in [4.78, 5) is 11.9. The van der Waals surface area contributed by atoms with E-state index in [2.05, 4.69) is 16.3 Å². The number of nitrogens with one attached hydrogen (secondary N) is 3. The molecule has 2 saturated heterocycles. The van der Waals surface area contributed by atoms with Crippen molar-refractivity contribution in [2.45, 2.75) is 49.4 Å². The third-order valence-electron chi connectivity index (χ3n) is 6.27. The van der Waals surface area contributed by atoms with Crippen LogP contribution in [-0.4, -0.2) is 40.2 Å². The first-order chi connectivity index (χ1) is 18.7. The summed E-state index contributed by atoms with van der Waals surface area (Å²) in [6.45, 7) is 0.595. The molecule has 3 aliphatic rings. The van der Waals surface area contributed by atoms with Gasteiger partial charge in [0, 0.05) is 43.0 Å². The molecule has 0 aromatic heterocycles. The maximum absolute atomic E-state index is 13.5. The van der Waals surface area contributed by atoms with Crippen LogP contribution < -0.4 is 16.3 Å². The van der Waals surface area contributed by atoms with Gasteiger partial charge in [0.1, 0.15) is 23.6 Å². The molecule has 3 atom stereocenters. The molecule has 0 bridgehead atoms. The van der Waals surface area contributed by atoms with Gasteiger partial charge in [0.2, 0.25) is 4.93 Å². The predicted octanol–water partition coefficient (Wildman–Crippen LogP) is 3.85. The number of rotatable bonds is 7. The van der Waals surface area contributed by atoms with Gasteiger partial charge in [0.15, 0.2) is 11.6 Å². The number of likely N-dealkylation sites (tertiary alicyclic amines) is 1. The van der Waals surface area contributed by atoms with Crippen molar-refractivity contribution in [2.24, 2.45) is 0 Å². The number of ether oxygens (including phenoxy) is 1. The first-order valence-electron chi connectivity index (χ1n) is 12.2. The van der Waals surface area contributed by atoms with Crippen LogP contribution in [0.1, 0.15) is 42.9 Å². The molecule has 1 amide bonds. The summed E-state index contributed by atoms with van der Waals surface area (Å²) in [5.74, 6) is -4.76. The van der Waals surface area contributed by atoms with Crippen molar-refractivity contribution < 1.29 is 40.9 Å². The lowest BCUT2D eigenvalue weighted by atomic mass is 10.0. The molecule has 2 fully saturated rings. The number of hydrazine groups is 1. The maximum atomic E-state index is 13.5. The molecule has 212 valence electrons. The quantitative estimate of drug-likeness (QED) is 0.0990. The van der Waals surface area contributed by atoms with Gasteiger partial charge in [-0.1, -0.05) is 0 Å². The van der Waals surface area contributed by atoms with Crippen LogP contribution in [-0.2, 0) is 20.4 Å². The molecule has 0 spiro atoms. The molecule has 14 heteroatoms. The second kappa shape index (κ2) is 13.1. The molecular weight excluding hydrogens is 547 g/mol. The number of carbonyl (C=O) groups excluding carboxylic acids is 1. The number of hydrogen-bond donors (Lipinski definition) is 4. The summed E-state index contributed by atoms with van der Waals surface area (Å²) in [6, 6.07) is 4.76. The summed E-state index contributed by atoms with van der Waals surface area (Å²) in [5.41, 5.74) is 7.90. The maximum Gasteiger partial charge on any atom is 0.269 e. The highest BCUT2D eigenvalue weighted by molar-refractivity contribution is 7.96. The Morgan fingerprint density at radius 1 is 1.13 bits per heavy atom. The molecule has 0 saturated carbocycles. The summed E-state index contributed by atoms with van der Waals surface area (Å²) < 4.78 is 76.2. The van der Waals surface area contributed by atoms with E-state index in [1.807, 2.05) is 0 Å².